The zero-order valence-electron chi connectivity index (χ0n) is 9.49. The predicted molar refractivity (Wildman–Crippen MR) is 60.2 cm³/mol. The molecule has 0 saturated heterocycles. The molecule has 1 atom stereocenters. The number of hydrogen-bond acceptors (Lipinski definition) is 3. The maximum Gasteiger partial charge on any atom is 0.115 e. The zero-order chi connectivity index (χ0) is 11.7. The molecular formula is C12H19NO2. The van der Waals surface area contributed by atoms with E-state index in [0.717, 1.165) is 5.56 Å². The van der Waals surface area contributed by atoms with Crippen LogP contribution in [0.4, 0.5) is 0 Å². The van der Waals surface area contributed by atoms with E-state index >= 15 is 0 Å². The highest BCUT2D eigenvalue weighted by atomic mass is 16.4. The van der Waals surface area contributed by atoms with Crippen LogP contribution < -0.4 is 5.73 Å². The SMILES string of the molecule is CC(C)(O)C(C)(O)c1ccc(CN)cc1. The summed E-state index contributed by atoms with van der Waals surface area (Å²) in [4.78, 5) is 0. The van der Waals surface area contributed by atoms with Gasteiger partial charge in [0.1, 0.15) is 5.60 Å². The molecule has 3 heteroatoms. The third-order valence-electron chi connectivity index (χ3n) is 2.94. The van der Waals surface area contributed by atoms with E-state index in [1.165, 1.54) is 0 Å². The summed E-state index contributed by atoms with van der Waals surface area (Å²) < 4.78 is 0. The molecule has 0 saturated carbocycles. The van der Waals surface area contributed by atoms with Crippen LogP contribution in [0, 0.1) is 0 Å². The Labute approximate surface area is 90.5 Å². The minimum atomic E-state index is -1.26. The highest BCUT2D eigenvalue weighted by Gasteiger charge is 2.38. The van der Waals surface area contributed by atoms with Crippen LogP contribution in [-0.4, -0.2) is 15.8 Å². The van der Waals surface area contributed by atoms with E-state index in [-0.39, 0.29) is 0 Å². The van der Waals surface area contributed by atoms with Gasteiger partial charge in [-0.3, -0.25) is 0 Å². The minimum absolute atomic E-state index is 0.477. The fraction of sp³-hybridized carbons (Fsp3) is 0.500. The highest BCUT2D eigenvalue weighted by molar-refractivity contribution is 5.28. The minimum Gasteiger partial charge on any atom is -0.387 e. The lowest BCUT2D eigenvalue weighted by molar-refractivity contribution is -0.125. The van der Waals surface area contributed by atoms with Crippen molar-refractivity contribution in [3.8, 4) is 0 Å². The Hall–Kier alpha value is -0.900. The molecule has 0 aliphatic heterocycles. The summed E-state index contributed by atoms with van der Waals surface area (Å²) >= 11 is 0. The molecule has 1 aromatic rings. The van der Waals surface area contributed by atoms with E-state index in [1.807, 2.05) is 12.1 Å². The van der Waals surface area contributed by atoms with E-state index in [9.17, 15) is 10.2 Å². The van der Waals surface area contributed by atoms with Crippen molar-refractivity contribution in [2.24, 2.45) is 5.73 Å². The maximum atomic E-state index is 10.2. The molecule has 0 amide bonds. The summed E-state index contributed by atoms with van der Waals surface area (Å²) in [6, 6.07) is 7.30. The Morgan fingerprint density at radius 1 is 1.07 bits per heavy atom. The van der Waals surface area contributed by atoms with Gasteiger partial charge in [-0.2, -0.15) is 0 Å². The van der Waals surface area contributed by atoms with Crippen molar-refractivity contribution in [3.63, 3.8) is 0 Å². The number of benzene rings is 1. The average molecular weight is 209 g/mol. The average Bonchev–Trinajstić information content (AvgIpc) is 2.16. The van der Waals surface area contributed by atoms with Crippen LogP contribution in [0.1, 0.15) is 31.9 Å². The quantitative estimate of drug-likeness (QED) is 0.699. The van der Waals surface area contributed by atoms with Crippen LogP contribution in [0.5, 0.6) is 0 Å². The van der Waals surface area contributed by atoms with Gasteiger partial charge in [0.05, 0.1) is 5.60 Å². The second-order valence-corrected chi connectivity index (χ2v) is 4.53. The van der Waals surface area contributed by atoms with Gasteiger partial charge in [0, 0.05) is 6.54 Å². The van der Waals surface area contributed by atoms with Gasteiger partial charge >= 0.3 is 0 Å². The molecule has 0 fully saturated rings. The first kappa shape index (κ1) is 12.2. The molecule has 0 heterocycles. The van der Waals surface area contributed by atoms with Crippen molar-refractivity contribution < 1.29 is 10.2 Å². The van der Waals surface area contributed by atoms with E-state index < -0.39 is 11.2 Å². The molecule has 4 N–H and O–H groups in total. The van der Waals surface area contributed by atoms with Gasteiger partial charge in [0.25, 0.3) is 0 Å². The number of aliphatic hydroxyl groups is 2. The molecule has 1 unspecified atom stereocenters. The van der Waals surface area contributed by atoms with Crippen LogP contribution in [0.25, 0.3) is 0 Å². The van der Waals surface area contributed by atoms with Crippen LogP contribution in [0.2, 0.25) is 0 Å². The van der Waals surface area contributed by atoms with Crippen molar-refractivity contribution in [1.29, 1.82) is 0 Å². The normalized spacial score (nSPS) is 16.1. The second kappa shape index (κ2) is 3.93. The Bertz CT molecular complexity index is 322. The topological polar surface area (TPSA) is 66.5 Å². The summed E-state index contributed by atoms with van der Waals surface area (Å²) in [5.41, 5.74) is 4.73. The molecule has 1 rings (SSSR count). The Balaban J connectivity index is 3.06. The molecule has 0 bridgehead atoms. The van der Waals surface area contributed by atoms with Crippen LogP contribution >= 0.6 is 0 Å². The standard InChI is InChI=1S/C12H19NO2/c1-11(2,14)12(3,15)10-6-4-9(8-13)5-7-10/h4-7,14-15H,8,13H2,1-3H3. The molecule has 0 spiro atoms. The van der Waals surface area contributed by atoms with Crippen molar-refractivity contribution in [2.45, 2.75) is 38.5 Å². The Morgan fingerprint density at radius 2 is 1.53 bits per heavy atom. The molecule has 0 aliphatic carbocycles. The van der Waals surface area contributed by atoms with Crippen LogP contribution in [-0.2, 0) is 12.1 Å². The first-order chi connectivity index (χ1) is 6.79. The fourth-order valence-electron chi connectivity index (χ4n) is 1.32. The smallest absolute Gasteiger partial charge is 0.115 e. The van der Waals surface area contributed by atoms with Gasteiger partial charge < -0.3 is 15.9 Å². The van der Waals surface area contributed by atoms with Crippen molar-refractivity contribution in [3.05, 3.63) is 35.4 Å². The van der Waals surface area contributed by atoms with Crippen LogP contribution in [0.15, 0.2) is 24.3 Å². The zero-order valence-corrected chi connectivity index (χ0v) is 9.49. The first-order valence-corrected chi connectivity index (χ1v) is 5.03. The van der Waals surface area contributed by atoms with Gasteiger partial charge in [0.15, 0.2) is 0 Å². The number of nitrogens with two attached hydrogens (primary N) is 1. The molecular weight excluding hydrogens is 190 g/mol. The Kier molecular flexibility index (Phi) is 3.19. The van der Waals surface area contributed by atoms with E-state index in [2.05, 4.69) is 0 Å². The lowest BCUT2D eigenvalue weighted by Gasteiger charge is -2.36. The van der Waals surface area contributed by atoms with Crippen molar-refractivity contribution in [1.82, 2.24) is 0 Å². The monoisotopic (exact) mass is 209 g/mol. The van der Waals surface area contributed by atoms with Gasteiger partial charge in [-0.1, -0.05) is 24.3 Å². The van der Waals surface area contributed by atoms with E-state index in [1.54, 1.807) is 32.9 Å². The Morgan fingerprint density at radius 3 is 1.87 bits per heavy atom. The molecule has 0 aliphatic rings. The lowest BCUT2D eigenvalue weighted by atomic mass is 9.81. The fourth-order valence-corrected chi connectivity index (χ4v) is 1.32. The summed E-state index contributed by atoms with van der Waals surface area (Å²) in [6.07, 6.45) is 0. The first-order valence-electron chi connectivity index (χ1n) is 5.03. The van der Waals surface area contributed by atoms with Crippen molar-refractivity contribution >= 4 is 0 Å². The van der Waals surface area contributed by atoms with Gasteiger partial charge in [-0.05, 0) is 31.9 Å². The summed E-state index contributed by atoms with van der Waals surface area (Å²) in [5.74, 6) is 0. The van der Waals surface area contributed by atoms with Crippen LogP contribution in [0.3, 0.4) is 0 Å². The summed E-state index contributed by atoms with van der Waals surface area (Å²) in [5, 5.41) is 20.1. The number of rotatable bonds is 3. The highest BCUT2D eigenvalue weighted by Crippen LogP contribution is 2.32. The molecule has 0 radical (unpaired) electrons. The van der Waals surface area contributed by atoms with Gasteiger partial charge in [-0.25, -0.2) is 0 Å². The third-order valence-corrected chi connectivity index (χ3v) is 2.94. The lowest BCUT2D eigenvalue weighted by Crippen LogP contribution is -2.44. The predicted octanol–water partition coefficient (Wildman–Crippen LogP) is 1.12. The molecule has 3 nitrogen and oxygen atoms in total. The van der Waals surface area contributed by atoms with Gasteiger partial charge in [0.2, 0.25) is 0 Å². The molecule has 84 valence electrons. The second-order valence-electron chi connectivity index (χ2n) is 4.53. The molecule has 15 heavy (non-hydrogen) atoms. The summed E-state index contributed by atoms with van der Waals surface area (Å²) in [6.45, 7) is 5.25. The summed E-state index contributed by atoms with van der Waals surface area (Å²) in [7, 11) is 0. The van der Waals surface area contributed by atoms with E-state index in [0.29, 0.717) is 12.1 Å². The number of hydrogen-bond donors (Lipinski definition) is 3. The van der Waals surface area contributed by atoms with Crippen molar-refractivity contribution in [2.75, 3.05) is 0 Å². The maximum absolute atomic E-state index is 10.2. The van der Waals surface area contributed by atoms with E-state index in [4.69, 9.17) is 5.73 Å². The molecule has 0 aromatic heterocycles. The van der Waals surface area contributed by atoms with Gasteiger partial charge in [-0.15, -0.1) is 0 Å². The third kappa shape index (κ3) is 2.37. The molecule has 1 aromatic carbocycles. The largest absolute Gasteiger partial charge is 0.387 e.